The van der Waals surface area contributed by atoms with Gasteiger partial charge in [0.1, 0.15) is 11.6 Å². The summed E-state index contributed by atoms with van der Waals surface area (Å²) < 4.78 is 0. The maximum atomic E-state index is 5.75. The molecule has 4 nitrogen and oxygen atoms in total. The molecule has 1 fully saturated rings. The lowest BCUT2D eigenvalue weighted by molar-refractivity contribution is 0.457. The molecule has 4 heteroatoms. The lowest BCUT2D eigenvalue weighted by Gasteiger charge is -2.34. The molecule has 0 spiro atoms. The van der Waals surface area contributed by atoms with Gasteiger partial charge in [0.2, 0.25) is 0 Å². The normalized spacial score (nSPS) is 27.8. The largest absolute Gasteiger partial charge is 0.384 e. The summed E-state index contributed by atoms with van der Waals surface area (Å²) in [6.07, 6.45) is 3.48. The Hall–Kier alpha value is -1.55. The van der Waals surface area contributed by atoms with Gasteiger partial charge < -0.3 is 16.0 Å². The molecule has 1 aromatic heterocycles. The maximum absolute atomic E-state index is 5.75. The van der Waals surface area contributed by atoms with Crippen LogP contribution in [0.3, 0.4) is 0 Å². The molecule has 2 unspecified atom stereocenters. The summed E-state index contributed by atoms with van der Waals surface area (Å²) in [5, 5.41) is 3.53. The third-order valence-corrected chi connectivity index (χ3v) is 3.61. The SMILES string of the molecule is CC1CC2=CCN(c3cccc(N)n3)C2CN1. The lowest BCUT2D eigenvalue weighted by Crippen LogP contribution is -2.47. The number of anilines is 2. The van der Waals surface area contributed by atoms with Crippen LogP contribution in [0.25, 0.3) is 0 Å². The summed E-state index contributed by atoms with van der Waals surface area (Å²) in [6.45, 7) is 4.19. The van der Waals surface area contributed by atoms with Gasteiger partial charge in [0, 0.05) is 19.1 Å². The van der Waals surface area contributed by atoms with Crippen molar-refractivity contribution in [2.45, 2.75) is 25.4 Å². The van der Waals surface area contributed by atoms with Gasteiger partial charge in [0.15, 0.2) is 0 Å². The molecule has 0 bridgehead atoms. The van der Waals surface area contributed by atoms with E-state index < -0.39 is 0 Å². The highest BCUT2D eigenvalue weighted by molar-refractivity contribution is 5.51. The minimum absolute atomic E-state index is 0.459. The van der Waals surface area contributed by atoms with Crippen LogP contribution in [0.5, 0.6) is 0 Å². The highest BCUT2D eigenvalue weighted by Crippen LogP contribution is 2.29. The number of nitrogens with zero attached hydrogens (tertiary/aromatic N) is 2. The first kappa shape index (κ1) is 10.6. The molecule has 2 aliphatic heterocycles. The molecular weight excluding hydrogens is 212 g/mol. The molecule has 0 saturated carbocycles. The van der Waals surface area contributed by atoms with E-state index in [1.807, 2.05) is 18.2 Å². The summed E-state index contributed by atoms with van der Waals surface area (Å²) >= 11 is 0. The average molecular weight is 230 g/mol. The van der Waals surface area contributed by atoms with Crippen molar-refractivity contribution in [1.29, 1.82) is 0 Å². The molecule has 1 aromatic rings. The van der Waals surface area contributed by atoms with E-state index in [0.29, 0.717) is 17.9 Å². The average Bonchev–Trinajstić information content (AvgIpc) is 2.71. The van der Waals surface area contributed by atoms with Crippen LogP contribution in [0.1, 0.15) is 13.3 Å². The molecule has 2 atom stereocenters. The van der Waals surface area contributed by atoms with Crippen LogP contribution in [0.4, 0.5) is 11.6 Å². The number of hydrogen-bond donors (Lipinski definition) is 2. The van der Waals surface area contributed by atoms with Crippen molar-refractivity contribution >= 4 is 11.6 Å². The Kier molecular flexibility index (Phi) is 2.52. The van der Waals surface area contributed by atoms with E-state index in [1.54, 1.807) is 5.57 Å². The quantitative estimate of drug-likeness (QED) is 0.711. The Morgan fingerprint density at radius 3 is 3.18 bits per heavy atom. The number of nitrogens with one attached hydrogen (secondary N) is 1. The minimum Gasteiger partial charge on any atom is -0.384 e. The van der Waals surface area contributed by atoms with E-state index in [9.17, 15) is 0 Å². The van der Waals surface area contributed by atoms with Crippen molar-refractivity contribution in [3.05, 3.63) is 29.8 Å². The lowest BCUT2D eigenvalue weighted by atomic mass is 9.97. The molecule has 0 radical (unpaired) electrons. The van der Waals surface area contributed by atoms with Gasteiger partial charge in [-0.2, -0.15) is 0 Å². The second kappa shape index (κ2) is 4.04. The number of rotatable bonds is 1. The summed E-state index contributed by atoms with van der Waals surface area (Å²) in [7, 11) is 0. The smallest absolute Gasteiger partial charge is 0.131 e. The fraction of sp³-hybridized carbons (Fsp3) is 0.462. The van der Waals surface area contributed by atoms with Gasteiger partial charge in [-0.25, -0.2) is 4.98 Å². The van der Waals surface area contributed by atoms with Gasteiger partial charge in [0.05, 0.1) is 6.04 Å². The Morgan fingerprint density at radius 2 is 2.35 bits per heavy atom. The standard InChI is InChI=1S/C13H18N4/c1-9-7-10-5-6-17(11(10)8-15-9)13-4-2-3-12(14)16-13/h2-5,9,11,15H,6-8H2,1H3,(H2,14,16). The number of aromatic nitrogens is 1. The molecule has 1 saturated heterocycles. The first-order chi connectivity index (χ1) is 8.24. The zero-order valence-corrected chi connectivity index (χ0v) is 10.1. The molecule has 0 aliphatic carbocycles. The van der Waals surface area contributed by atoms with Crippen LogP contribution in [0, 0.1) is 0 Å². The number of nitrogens with two attached hydrogens (primary N) is 1. The second-order valence-corrected chi connectivity index (χ2v) is 4.88. The molecule has 0 amide bonds. The second-order valence-electron chi connectivity index (χ2n) is 4.88. The van der Waals surface area contributed by atoms with E-state index in [0.717, 1.165) is 25.3 Å². The van der Waals surface area contributed by atoms with E-state index in [2.05, 4.69) is 28.2 Å². The Labute approximate surface area is 102 Å². The predicted octanol–water partition coefficient (Wildman–Crippen LogP) is 1.16. The highest BCUT2D eigenvalue weighted by Gasteiger charge is 2.32. The summed E-state index contributed by atoms with van der Waals surface area (Å²) in [4.78, 5) is 6.73. The molecule has 3 heterocycles. The van der Waals surface area contributed by atoms with Crippen molar-refractivity contribution in [2.75, 3.05) is 23.7 Å². The zero-order chi connectivity index (χ0) is 11.8. The van der Waals surface area contributed by atoms with Gasteiger partial charge in [-0.1, -0.05) is 12.1 Å². The van der Waals surface area contributed by atoms with E-state index in [-0.39, 0.29) is 0 Å². The first-order valence-corrected chi connectivity index (χ1v) is 6.15. The van der Waals surface area contributed by atoms with Gasteiger partial charge in [-0.05, 0) is 31.1 Å². The Bertz CT molecular complexity index is 454. The third-order valence-electron chi connectivity index (χ3n) is 3.61. The molecule has 17 heavy (non-hydrogen) atoms. The molecular formula is C13H18N4. The molecule has 3 N–H and O–H groups in total. The summed E-state index contributed by atoms with van der Waals surface area (Å²) in [5.74, 6) is 1.57. The third kappa shape index (κ3) is 1.89. The van der Waals surface area contributed by atoms with Gasteiger partial charge in [-0.15, -0.1) is 0 Å². The fourth-order valence-corrected chi connectivity index (χ4v) is 2.73. The molecule has 3 rings (SSSR count). The van der Waals surface area contributed by atoms with E-state index >= 15 is 0 Å². The topological polar surface area (TPSA) is 54.2 Å². The Morgan fingerprint density at radius 1 is 1.47 bits per heavy atom. The fourth-order valence-electron chi connectivity index (χ4n) is 2.73. The number of piperidine rings is 1. The maximum Gasteiger partial charge on any atom is 0.131 e. The molecule has 90 valence electrons. The highest BCUT2D eigenvalue weighted by atomic mass is 15.3. The predicted molar refractivity (Wildman–Crippen MR) is 69.9 cm³/mol. The number of pyridine rings is 1. The van der Waals surface area contributed by atoms with Crippen molar-refractivity contribution in [2.24, 2.45) is 0 Å². The van der Waals surface area contributed by atoms with Crippen LogP contribution >= 0.6 is 0 Å². The first-order valence-electron chi connectivity index (χ1n) is 6.15. The zero-order valence-electron chi connectivity index (χ0n) is 10.1. The van der Waals surface area contributed by atoms with Crippen LogP contribution in [0.15, 0.2) is 29.8 Å². The van der Waals surface area contributed by atoms with Gasteiger partial charge in [-0.3, -0.25) is 0 Å². The van der Waals surface area contributed by atoms with Gasteiger partial charge >= 0.3 is 0 Å². The summed E-state index contributed by atoms with van der Waals surface area (Å²) in [5.41, 5.74) is 7.29. The molecule has 0 aromatic carbocycles. The summed E-state index contributed by atoms with van der Waals surface area (Å²) in [6, 6.07) is 6.88. The number of fused-ring (bicyclic) bond motifs is 1. The van der Waals surface area contributed by atoms with E-state index in [1.165, 1.54) is 0 Å². The molecule has 2 aliphatic rings. The van der Waals surface area contributed by atoms with Crippen molar-refractivity contribution in [1.82, 2.24) is 10.3 Å². The Balaban J connectivity index is 1.83. The van der Waals surface area contributed by atoms with Crippen LogP contribution in [0.2, 0.25) is 0 Å². The van der Waals surface area contributed by atoms with Crippen molar-refractivity contribution in [3.8, 4) is 0 Å². The van der Waals surface area contributed by atoms with Crippen LogP contribution < -0.4 is 16.0 Å². The van der Waals surface area contributed by atoms with Crippen molar-refractivity contribution in [3.63, 3.8) is 0 Å². The van der Waals surface area contributed by atoms with E-state index in [4.69, 9.17) is 5.73 Å². The number of hydrogen-bond acceptors (Lipinski definition) is 4. The van der Waals surface area contributed by atoms with Gasteiger partial charge in [0.25, 0.3) is 0 Å². The van der Waals surface area contributed by atoms with Crippen LogP contribution in [-0.2, 0) is 0 Å². The van der Waals surface area contributed by atoms with Crippen molar-refractivity contribution < 1.29 is 0 Å². The minimum atomic E-state index is 0.459. The van der Waals surface area contributed by atoms with Crippen LogP contribution in [-0.4, -0.2) is 30.2 Å². The number of nitrogen functional groups attached to an aromatic ring is 1. The monoisotopic (exact) mass is 230 g/mol.